The first-order chi connectivity index (χ1) is 12.1. The minimum absolute atomic E-state index is 0. The molecule has 3 rings (SSSR count). The van der Waals surface area contributed by atoms with Crippen molar-refractivity contribution in [3.05, 3.63) is 54.1 Å². The van der Waals surface area contributed by atoms with Crippen LogP contribution < -0.4 is 10.6 Å². The molecule has 0 aliphatic heterocycles. The van der Waals surface area contributed by atoms with E-state index in [-0.39, 0.29) is 18.3 Å². The molecule has 0 heterocycles. The Hall–Kier alpha value is -1.20. The Morgan fingerprint density at radius 3 is 2.38 bits per heavy atom. The van der Waals surface area contributed by atoms with E-state index in [1.54, 1.807) is 6.08 Å². The maximum atomic E-state index is 15.1. The fourth-order valence-corrected chi connectivity index (χ4v) is 3.83. The van der Waals surface area contributed by atoms with E-state index in [0.29, 0.717) is 18.6 Å². The lowest BCUT2D eigenvalue weighted by Gasteiger charge is -2.34. The zero-order valence-corrected chi connectivity index (χ0v) is 16.4. The van der Waals surface area contributed by atoms with Crippen molar-refractivity contribution in [1.82, 2.24) is 10.6 Å². The molecule has 0 bridgehead atoms. The lowest BCUT2D eigenvalue weighted by Crippen LogP contribution is -2.45. The molecule has 0 spiro atoms. The van der Waals surface area contributed by atoms with E-state index in [9.17, 15) is 0 Å². The molecule has 144 valence electrons. The summed E-state index contributed by atoms with van der Waals surface area (Å²) in [4.78, 5) is 0. The van der Waals surface area contributed by atoms with Gasteiger partial charge in [0.2, 0.25) is 5.85 Å². The second-order valence-corrected chi connectivity index (χ2v) is 7.08. The van der Waals surface area contributed by atoms with Crippen molar-refractivity contribution >= 4 is 18.0 Å². The Morgan fingerprint density at radius 1 is 1.12 bits per heavy atom. The van der Waals surface area contributed by atoms with Crippen molar-refractivity contribution in [3.8, 4) is 0 Å². The zero-order chi connectivity index (χ0) is 17.7. The van der Waals surface area contributed by atoms with Gasteiger partial charge in [-0.15, -0.1) is 12.4 Å². The topological polar surface area (TPSA) is 33.3 Å². The Bertz CT molecular complexity index is 614. The van der Waals surface area contributed by atoms with E-state index < -0.39 is 5.85 Å². The predicted molar refractivity (Wildman–Crippen MR) is 108 cm³/mol. The van der Waals surface area contributed by atoms with Gasteiger partial charge in [-0.3, -0.25) is 0 Å². The van der Waals surface area contributed by atoms with E-state index in [0.717, 1.165) is 24.0 Å². The molecule has 0 amide bonds. The normalized spacial score (nSPS) is 31.2. The number of allylic oxidation sites excluding steroid dienone is 2. The van der Waals surface area contributed by atoms with E-state index in [1.807, 2.05) is 37.4 Å². The first-order valence-corrected chi connectivity index (χ1v) is 9.26. The van der Waals surface area contributed by atoms with Gasteiger partial charge in [0.1, 0.15) is 0 Å². The summed E-state index contributed by atoms with van der Waals surface area (Å²) in [6, 6.07) is 11.2. The number of alkyl halides is 1. The molecule has 0 aromatic heterocycles. The highest BCUT2D eigenvalue weighted by molar-refractivity contribution is 5.85. The van der Waals surface area contributed by atoms with Gasteiger partial charge in [-0.1, -0.05) is 42.5 Å². The summed E-state index contributed by atoms with van der Waals surface area (Å²) in [5, 5.41) is 6.92. The van der Waals surface area contributed by atoms with E-state index >= 15 is 4.39 Å². The first-order valence-electron chi connectivity index (χ1n) is 9.26. The minimum Gasteiger partial charge on any atom is -0.346 e. The number of halogens is 2. The van der Waals surface area contributed by atoms with Gasteiger partial charge in [0.05, 0.1) is 5.92 Å². The molecule has 0 radical (unpaired) electrons. The molecular formula is C21H30ClFN2O. The van der Waals surface area contributed by atoms with Gasteiger partial charge >= 0.3 is 0 Å². The van der Waals surface area contributed by atoms with Crippen molar-refractivity contribution in [2.75, 3.05) is 20.7 Å². The Morgan fingerprint density at radius 2 is 1.77 bits per heavy atom. The number of hydrogen-bond acceptors (Lipinski definition) is 3. The maximum Gasteiger partial charge on any atom is 0.236 e. The van der Waals surface area contributed by atoms with Crippen LogP contribution in [0, 0.1) is 5.92 Å². The van der Waals surface area contributed by atoms with E-state index in [2.05, 4.69) is 22.8 Å². The van der Waals surface area contributed by atoms with Crippen LogP contribution >= 0.6 is 12.4 Å². The van der Waals surface area contributed by atoms with Gasteiger partial charge in [-0.25, -0.2) is 4.39 Å². The second-order valence-electron chi connectivity index (χ2n) is 7.08. The molecule has 2 atom stereocenters. The third-order valence-electron chi connectivity index (χ3n) is 5.56. The molecule has 0 saturated heterocycles. The molecule has 1 fully saturated rings. The summed E-state index contributed by atoms with van der Waals surface area (Å²) >= 11 is 0. The van der Waals surface area contributed by atoms with Gasteiger partial charge in [-0.05, 0) is 49.9 Å². The fraction of sp³-hybridized carbons (Fsp3) is 0.524. The molecule has 5 heteroatoms. The molecule has 1 saturated carbocycles. The lowest BCUT2D eigenvalue weighted by atomic mass is 9.87. The van der Waals surface area contributed by atoms with Crippen LogP contribution in [0.3, 0.4) is 0 Å². The fourth-order valence-electron chi connectivity index (χ4n) is 3.83. The van der Waals surface area contributed by atoms with Crippen LogP contribution in [0.15, 0.2) is 48.6 Å². The Labute approximate surface area is 162 Å². The standard InChI is InChI=1S/C21H29FN2O.ClH/c1-23-19-8-10-20(11-9-19)24-15-18-14-17(12-13-21(18,22)25-2)16-6-4-3-5-7-16;/h3-7,12-14,18-20,23-24H,8-11,15H2,1-2H3;1H. The highest BCUT2D eigenvalue weighted by atomic mass is 35.5. The number of hydrogen-bond donors (Lipinski definition) is 2. The Kier molecular flexibility index (Phi) is 7.84. The van der Waals surface area contributed by atoms with Crippen LogP contribution in [0.4, 0.5) is 4.39 Å². The summed E-state index contributed by atoms with van der Waals surface area (Å²) in [6.07, 6.45) is 10.0. The summed E-state index contributed by atoms with van der Waals surface area (Å²) in [5.74, 6) is -2.08. The monoisotopic (exact) mass is 380 g/mol. The molecule has 2 unspecified atom stereocenters. The quantitative estimate of drug-likeness (QED) is 0.779. The minimum atomic E-state index is -1.74. The molecule has 1 aromatic rings. The summed E-state index contributed by atoms with van der Waals surface area (Å²) in [6.45, 7) is 0.583. The van der Waals surface area contributed by atoms with Crippen LogP contribution in [-0.4, -0.2) is 38.6 Å². The summed E-state index contributed by atoms with van der Waals surface area (Å²) in [5.41, 5.74) is 2.16. The van der Waals surface area contributed by atoms with Crippen LogP contribution in [0.2, 0.25) is 0 Å². The van der Waals surface area contributed by atoms with Crippen molar-refractivity contribution in [3.63, 3.8) is 0 Å². The van der Waals surface area contributed by atoms with Gasteiger partial charge in [-0.2, -0.15) is 0 Å². The average Bonchev–Trinajstić information content (AvgIpc) is 2.68. The third-order valence-corrected chi connectivity index (χ3v) is 5.56. The van der Waals surface area contributed by atoms with Crippen LogP contribution in [0.1, 0.15) is 31.2 Å². The number of benzene rings is 1. The van der Waals surface area contributed by atoms with Crippen molar-refractivity contribution in [1.29, 1.82) is 0 Å². The lowest BCUT2D eigenvalue weighted by molar-refractivity contribution is -0.110. The van der Waals surface area contributed by atoms with E-state index in [1.165, 1.54) is 20.0 Å². The average molecular weight is 381 g/mol. The molecule has 3 nitrogen and oxygen atoms in total. The van der Waals surface area contributed by atoms with Crippen LogP contribution in [-0.2, 0) is 4.74 Å². The number of rotatable bonds is 6. The predicted octanol–water partition coefficient (Wildman–Crippen LogP) is 4.11. The van der Waals surface area contributed by atoms with Gasteiger partial charge in [0.25, 0.3) is 0 Å². The van der Waals surface area contributed by atoms with Gasteiger partial charge in [0.15, 0.2) is 0 Å². The smallest absolute Gasteiger partial charge is 0.236 e. The number of ether oxygens (including phenoxy) is 1. The van der Waals surface area contributed by atoms with E-state index in [4.69, 9.17) is 4.74 Å². The molecule has 26 heavy (non-hydrogen) atoms. The van der Waals surface area contributed by atoms with Crippen LogP contribution in [0.5, 0.6) is 0 Å². The van der Waals surface area contributed by atoms with Gasteiger partial charge < -0.3 is 15.4 Å². The first kappa shape index (κ1) is 21.1. The highest BCUT2D eigenvalue weighted by Crippen LogP contribution is 2.35. The van der Waals surface area contributed by atoms with Crippen molar-refractivity contribution < 1.29 is 9.13 Å². The largest absolute Gasteiger partial charge is 0.346 e. The number of methoxy groups -OCH3 is 1. The highest BCUT2D eigenvalue weighted by Gasteiger charge is 2.38. The summed E-state index contributed by atoms with van der Waals surface area (Å²) < 4.78 is 20.3. The molecule has 2 N–H and O–H groups in total. The SMILES string of the molecule is CNC1CCC(NCC2C=C(c3ccccc3)C=CC2(F)OC)CC1.Cl. The zero-order valence-electron chi connectivity index (χ0n) is 15.6. The maximum absolute atomic E-state index is 15.1. The molecule has 2 aliphatic rings. The third kappa shape index (κ3) is 4.95. The second kappa shape index (κ2) is 9.65. The van der Waals surface area contributed by atoms with Crippen molar-refractivity contribution in [2.45, 2.75) is 43.6 Å². The molecular weight excluding hydrogens is 351 g/mol. The number of nitrogens with one attached hydrogen (secondary N) is 2. The van der Waals surface area contributed by atoms with Crippen molar-refractivity contribution in [2.24, 2.45) is 5.92 Å². The summed E-state index contributed by atoms with van der Waals surface area (Å²) in [7, 11) is 3.47. The molecule has 1 aromatic carbocycles. The van der Waals surface area contributed by atoms with Gasteiger partial charge in [0, 0.05) is 25.7 Å². The van der Waals surface area contributed by atoms with Crippen LogP contribution in [0.25, 0.3) is 5.57 Å². The molecule has 2 aliphatic carbocycles. The Balaban J connectivity index is 0.00000243.